The first-order chi connectivity index (χ1) is 16.4. The van der Waals surface area contributed by atoms with Gasteiger partial charge in [-0.2, -0.15) is 9.29 Å². The van der Waals surface area contributed by atoms with Crippen LogP contribution in [0, 0.1) is 12.8 Å². The number of anilines is 1. The number of aromatic nitrogens is 2. The van der Waals surface area contributed by atoms with Crippen molar-refractivity contribution in [2.75, 3.05) is 24.5 Å². The van der Waals surface area contributed by atoms with Gasteiger partial charge in [0.25, 0.3) is 0 Å². The zero-order valence-electron chi connectivity index (χ0n) is 19.4. The van der Waals surface area contributed by atoms with Crippen LogP contribution >= 0.6 is 0 Å². The summed E-state index contributed by atoms with van der Waals surface area (Å²) in [6, 6.07) is 12.7. The minimum atomic E-state index is -3.63. The maximum Gasteiger partial charge on any atom is 0.243 e. The molecule has 1 aromatic heterocycles. The van der Waals surface area contributed by atoms with E-state index in [1.807, 2.05) is 32.0 Å². The smallest absolute Gasteiger partial charge is 0.243 e. The highest BCUT2D eigenvalue weighted by atomic mass is 32.2. The Morgan fingerprint density at radius 1 is 1.15 bits per heavy atom. The van der Waals surface area contributed by atoms with E-state index in [9.17, 15) is 13.2 Å². The third-order valence-electron chi connectivity index (χ3n) is 6.66. The standard InChI is InChI=1S/C25H28N4O4S/c1-3-23-26-24(27-33-23)19-8-11-22-18(15-19)12-14-29(22)25(30)20-5-4-13-28(16-20)34(31,32)21-9-6-17(2)7-10-21/h6-11,15,20H,3-5,12-14,16H2,1-2H3. The molecule has 2 aliphatic heterocycles. The van der Waals surface area contributed by atoms with Crippen molar-refractivity contribution in [1.29, 1.82) is 0 Å². The van der Waals surface area contributed by atoms with Crippen molar-refractivity contribution in [3.8, 4) is 11.4 Å². The van der Waals surface area contributed by atoms with Crippen LogP contribution in [0.25, 0.3) is 11.4 Å². The fourth-order valence-electron chi connectivity index (χ4n) is 4.73. The largest absolute Gasteiger partial charge is 0.339 e. The van der Waals surface area contributed by atoms with Crippen molar-refractivity contribution in [2.45, 2.75) is 44.4 Å². The van der Waals surface area contributed by atoms with Crippen LogP contribution in [0.5, 0.6) is 0 Å². The summed E-state index contributed by atoms with van der Waals surface area (Å²) in [7, 11) is -3.63. The van der Waals surface area contributed by atoms with Gasteiger partial charge in [-0.1, -0.05) is 29.8 Å². The number of carbonyl (C=O) groups is 1. The molecule has 1 amide bonds. The zero-order valence-corrected chi connectivity index (χ0v) is 20.2. The van der Waals surface area contributed by atoms with E-state index in [2.05, 4.69) is 10.1 Å². The highest BCUT2D eigenvalue weighted by Crippen LogP contribution is 2.34. The molecular formula is C25H28N4O4S. The van der Waals surface area contributed by atoms with Crippen LogP contribution in [-0.2, 0) is 27.7 Å². The topological polar surface area (TPSA) is 96.6 Å². The Morgan fingerprint density at radius 3 is 2.68 bits per heavy atom. The molecule has 0 aliphatic carbocycles. The van der Waals surface area contributed by atoms with Gasteiger partial charge in [0, 0.05) is 37.3 Å². The Balaban J connectivity index is 1.33. The lowest BCUT2D eigenvalue weighted by Crippen LogP contribution is -2.46. The molecule has 1 fully saturated rings. The van der Waals surface area contributed by atoms with E-state index in [1.54, 1.807) is 29.2 Å². The number of amides is 1. The summed E-state index contributed by atoms with van der Waals surface area (Å²) in [6.45, 7) is 5.12. The van der Waals surface area contributed by atoms with Gasteiger partial charge in [0.15, 0.2) is 0 Å². The number of hydrogen-bond acceptors (Lipinski definition) is 6. The second kappa shape index (κ2) is 8.96. The van der Waals surface area contributed by atoms with Crippen molar-refractivity contribution in [3.05, 3.63) is 59.5 Å². The quantitative estimate of drug-likeness (QED) is 0.554. The van der Waals surface area contributed by atoms with Crippen molar-refractivity contribution < 1.29 is 17.7 Å². The van der Waals surface area contributed by atoms with E-state index in [-0.39, 0.29) is 23.3 Å². The number of carbonyl (C=O) groups excluding carboxylic acids is 1. The maximum atomic E-state index is 13.5. The Morgan fingerprint density at radius 2 is 1.94 bits per heavy atom. The Kier molecular flexibility index (Phi) is 5.99. The van der Waals surface area contributed by atoms with Gasteiger partial charge in [-0.05, 0) is 62.1 Å². The summed E-state index contributed by atoms with van der Waals surface area (Å²) in [5.41, 5.74) is 3.82. The molecule has 1 saturated heterocycles. The Bertz CT molecular complexity index is 1320. The van der Waals surface area contributed by atoms with Gasteiger partial charge in [-0.25, -0.2) is 8.42 Å². The summed E-state index contributed by atoms with van der Waals surface area (Å²) in [5.74, 6) is 0.774. The zero-order chi connectivity index (χ0) is 23.9. The number of fused-ring (bicyclic) bond motifs is 1. The third kappa shape index (κ3) is 4.14. The van der Waals surface area contributed by atoms with Crippen molar-refractivity contribution in [2.24, 2.45) is 5.92 Å². The molecule has 2 aliphatic rings. The number of hydrogen-bond donors (Lipinski definition) is 0. The summed E-state index contributed by atoms with van der Waals surface area (Å²) >= 11 is 0. The van der Waals surface area contributed by atoms with E-state index in [1.165, 1.54) is 4.31 Å². The average Bonchev–Trinajstić information content (AvgIpc) is 3.51. The Hall–Kier alpha value is -3.04. The molecule has 0 saturated carbocycles. The lowest BCUT2D eigenvalue weighted by atomic mass is 9.98. The molecule has 3 heterocycles. The molecule has 5 rings (SSSR count). The van der Waals surface area contributed by atoms with Crippen LogP contribution in [0.4, 0.5) is 5.69 Å². The number of rotatable bonds is 5. The SMILES string of the molecule is CCc1nc(-c2ccc3c(c2)CCN3C(=O)C2CCCN(S(=O)(=O)c3ccc(C)cc3)C2)no1. The van der Waals surface area contributed by atoms with Gasteiger partial charge in [-0.3, -0.25) is 4.79 Å². The highest BCUT2D eigenvalue weighted by molar-refractivity contribution is 7.89. The molecule has 3 aromatic rings. The number of aryl methyl sites for hydroxylation is 2. The molecule has 34 heavy (non-hydrogen) atoms. The minimum absolute atomic E-state index is 0.0110. The maximum absolute atomic E-state index is 13.5. The molecule has 0 bridgehead atoms. The molecule has 9 heteroatoms. The summed E-state index contributed by atoms with van der Waals surface area (Å²) in [5, 5.41) is 4.04. The van der Waals surface area contributed by atoms with Crippen LogP contribution in [-0.4, -0.2) is 48.4 Å². The van der Waals surface area contributed by atoms with E-state index in [0.717, 1.165) is 28.8 Å². The van der Waals surface area contributed by atoms with Gasteiger partial charge in [0.1, 0.15) is 0 Å². The van der Waals surface area contributed by atoms with Crippen molar-refractivity contribution in [1.82, 2.24) is 14.4 Å². The first kappa shape index (κ1) is 22.7. The lowest BCUT2D eigenvalue weighted by molar-refractivity contribution is -0.123. The van der Waals surface area contributed by atoms with Crippen molar-refractivity contribution in [3.63, 3.8) is 0 Å². The number of benzene rings is 2. The molecule has 178 valence electrons. The molecule has 0 N–H and O–H groups in total. The summed E-state index contributed by atoms with van der Waals surface area (Å²) < 4.78 is 33.0. The predicted octanol–water partition coefficient (Wildman–Crippen LogP) is 3.60. The predicted molar refractivity (Wildman–Crippen MR) is 128 cm³/mol. The van der Waals surface area contributed by atoms with Crippen LogP contribution in [0.1, 0.15) is 36.8 Å². The van der Waals surface area contributed by atoms with Crippen molar-refractivity contribution >= 4 is 21.6 Å². The number of piperidine rings is 1. The Labute approximate surface area is 199 Å². The normalized spacial score (nSPS) is 18.8. The summed E-state index contributed by atoms with van der Waals surface area (Å²) in [4.78, 5) is 20.0. The first-order valence-corrected chi connectivity index (χ1v) is 13.1. The first-order valence-electron chi connectivity index (χ1n) is 11.7. The van der Waals surface area contributed by atoms with Crippen LogP contribution in [0.2, 0.25) is 0 Å². The monoisotopic (exact) mass is 480 g/mol. The van der Waals surface area contributed by atoms with E-state index in [4.69, 9.17) is 4.52 Å². The molecular weight excluding hydrogens is 452 g/mol. The number of sulfonamides is 1. The molecule has 2 aromatic carbocycles. The molecule has 0 radical (unpaired) electrons. The molecule has 1 atom stereocenters. The third-order valence-corrected chi connectivity index (χ3v) is 8.54. The van der Waals surface area contributed by atoms with Crippen LogP contribution in [0.3, 0.4) is 0 Å². The minimum Gasteiger partial charge on any atom is -0.339 e. The lowest BCUT2D eigenvalue weighted by Gasteiger charge is -2.33. The van der Waals surface area contributed by atoms with Gasteiger partial charge >= 0.3 is 0 Å². The number of nitrogens with zero attached hydrogens (tertiary/aromatic N) is 4. The summed E-state index contributed by atoms with van der Waals surface area (Å²) in [6.07, 6.45) is 2.77. The second-order valence-electron chi connectivity index (χ2n) is 8.96. The fourth-order valence-corrected chi connectivity index (χ4v) is 6.25. The van der Waals surface area contributed by atoms with Gasteiger partial charge in [0.2, 0.25) is 27.6 Å². The van der Waals surface area contributed by atoms with E-state index < -0.39 is 10.0 Å². The molecule has 8 nitrogen and oxygen atoms in total. The van der Waals surface area contributed by atoms with E-state index >= 15 is 0 Å². The van der Waals surface area contributed by atoms with Crippen LogP contribution < -0.4 is 4.90 Å². The van der Waals surface area contributed by atoms with E-state index in [0.29, 0.717) is 44.1 Å². The molecule has 0 spiro atoms. The van der Waals surface area contributed by atoms with Gasteiger partial charge < -0.3 is 9.42 Å². The van der Waals surface area contributed by atoms with Gasteiger partial charge in [-0.15, -0.1) is 0 Å². The van der Waals surface area contributed by atoms with Crippen LogP contribution in [0.15, 0.2) is 51.9 Å². The average molecular weight is 481 g/mol. The fraction of sp³-hybridized carbons (Fsp3) is 0.400. The second-order valence-corrected chi connectivity index (χ2v) is 10.9. The molecule has 1 unspecified atom stereocenters. The highest BCUT2D eigenvalue weighted by Gasteiger charge is 2.37. The van der Waals surface area contributed by atoms with Gasteiger partial charge in [0.05, 0.1) is 10.8 Å².